The van der Waals surface area contributed by atoms with Gasteiger partial charge in [-0.1, -0.05) is 24.3 Å². The fourth-order valence-corrected chi connectivity index (χ4v) is 10.3. The first-order valence-corrected chi connectivity index (χ1v) is 18.9. The van der Waals surface area contributed by atoms with Crippen molar-refractivity contribution in [2.45, 2.75) is 75.4 Å². The number of carbonyl (C=O) groups excluding carboxylic acids is 1. The molecule has 8 rings (SSSR count). The van der Waals surface area contributed by atoms with E-state index in [-0.39, 0.29) is 22.5 Å². The van der Waals surface area contributed by atoms with Gasteiger partial charge in [0.05, 0.1) is 28.5 Å². The highest BCUT2D eigenvalue weighted by atomic mass is 32.2. The van der Waals surface area contributed by atoms with Crippen LogP contribution in [0.3, 0.4) is 0 Å². The van der Waals surface area contributed by atoms with Crippen molar-refractivity contribution in [3.63, 3.8) is 0 Å². The molecule has 48 heavy (non-hydrogen) atoms. The SMILES string of the molecule is Cc1nc2ccccc2n1C1CC2N(CCC3(c4cccc(F)c4)CCN(C(=O)c4ccc(NS(C)(=O)=O)cc4F)CC3)C3CCC32C1. The van der Waals surface area contributed by atoms with E-state index in [0.717, 1.165) is 48.6 Å². The monoisotopic (exact) mass is 673 g/mol. The Balaban J connectivity index is 0.988. The van der Waals surface area contributed by atoms with Crippen LogP contribution in [-0.2, 0) is 15.4 Å². The summed E-state index contributed by atoms with van der Waals surface area (Å²) in [5, 5.41) is 0. The van der Waals surface area contributed by atoms with E-state index in [1.165, 1.54) is 43.0 Å². The number of aryl methyl sites for hydroxylation is 1. The number of benzene rings is 3. The Hall–Kier alpha value is -3.83. The van der Waals surface area contributed by atoms with E-state index in [1.54, 1.807) is 17.0 Å². The highest BCUT2D eigenvalue weighted by Gasteiger charge is 2.69. The summed E-state index contributed by atoms with van der Waals surface area (Å²) in [6, 6.07) is 20.6. The highest BCUT2D eigenvalue weighted by molar-refractivity contribution is 7.92. The van der Waals surface area contributed by atoms with Crippen LogP contribution >= 0.6 is 0 Å². The number of rotatable bonds is 8. The number of sulfonamides is 1. The van der Waals surface area contributed by atoms with E-state index in [9.17, 15) is 17.6 Å². The second-order valence-corrected chi connectivity index (χ2v) is 16.3. The van der Waals surface area contributed by atoms with Crippen molar-refractivity contribution in [3.05, 3.63) is 95.3 Å². The van der Waals surface area contributed by atoms with Gasteiger partial charge in [0, 0.05) is 36.6 Å². The maximum absolute atomic E-state index is 15.0. The Kier molecular flexibility index (Phi) is 7.45. The number of imidazole rings is 1. The average molecular weight is 674 g/mol. The van der Waals surface area contributed by atoms with Crippen LogP contribution in [0.4, 0.5) is 14.5 Å². The molecular formula is C37H41F2N5O3S. The number of nitrogens with one attached hydrogen (secondary N) is 1. The minimum absolute atomic E-state index is 0.0684. The normalized spacial score (nSPS) is 26.4. The van der Waals surface area contributed by atoms with Gasteiger partial charge >= 0.3 is 0 Å². The molecule has 2 aliphatic carbocycles. The van der Waals surface area contributed by atoms with Crippen LogP contribution in [0.1, 0.15) is 72.7 Å². The van der Waals surface area contributed by atoms with E-state index in [0.29, 0.717) is 49.5 Å². The molecule has 2 saturated carbocycles. The molecule has 4 fully saturated rings. The molecule has 4 unspecified atom stereocenters. The number of carbonyl (C=O) groups is 1. The molecule has 1 spiro atoms. The molecule has 1 N–H and O–H groups in total. The van der Waals surface area contributed by atoms with Gasteiger partial charge in [0.1, 0.15) is 17.5 Å². The molecule has 252 valence electrons. The van der Waals surface area contributed by atoms with Gasteiger partial charge in [-0.3, -0.25) is 14.4 Å². The van der Waals surface area contributed by atoms with Crippen molar-refractivity contribution >= 4 is 32.7 Å². The van der Waals surface area contributed by atoms with Crippen molar-refractivity contribution < 1.29 is 22.0 Å². The molecule has 2 aliphatic heterocycles. The number of piperidine rings is 2. The molecule has 1 aromatic heterocycles. The summed E-state index contributed by atoms with van der Waals surface area (Å²) in [4.78, 5) is 22.7. The molecule has 8 nitrogen and oxygen atoms in total. The minimum atomic E-state index is -3.58. The zero-order valence-corrected chi connectivity index (χ0v) is 28.1. The largest absolute Gasteiger partial charge is 0.338 e. The summed E-state index contributed by atoms with van der Waals surface area (Å²) >= 11 is 0. The number of nitrogens with zero attached hydrogens (tertiary/aromatic N) is 4. The molecule has 0 bridgehead atoms. The topological polar surface area (TPSA) is 87.5 Å². The molecule has 1 amide bonds. The zero-order chi connectivity index (χ0) is 33.4. The van der Waals surface area contributed by atoms with E-state index >= 15 is 4.39 Å². The van der Waals surface area contributed by atoms with Gasteiger partial charge in [-0.2, -0.15) is 0 Å². The van der Waals surface area contributed by atoms with Crippen molar-refractivity contribution in [1.29, 1.82) is 0 Å². The van der Waals surface area contributed by atoms with E-state index in [1.807, 2.05) is 12.1 Å². The van der Waals surface area contributed by atoms with Crippen molar-refractivity contribution in [3.8, 4) is 0 Å². The Labute approximate surface area is 280 Å². The second kappa shape index (κ2) is 11.4. The van der Waals surface area contributed by atoms with E-state index in [2.05, 4.69) is 39.3 Å². The molecular weight excluding hydrogens is 633 g/mol. The molecule has 4 aromatic rings. The number of likely N-dealkylation sites (tertiary alicyclic amines) is 2. The summed E-state index contributed by atoms with van der Waals surface area (Å²) in [5.74, 6) is -0.383. The number of fused-ring (bicyclic) bond motifs is 1. The number of anilines is 1. The van der Waals surface area contributed by atoms with Crippen molar-refractivity contribution in [1.82, 2.24) is 19.4 Å². The van der Waals surface area contributed by atoms with Crippen LogP contribution in [0.2, 0.25) is 0 Å². The Morgan fingerprint density at radius 3 is 2.50 bits per heavy atom. The van der Waals surface area contributed by atoms with Gasteiger partial charge in [0.2, 0.25) is 10.0 Å². The van der Waals surface area contributed by atoms with Gasteiger partial charge in [-0.05, 0) is 112 Å². The van der Waals surface area contributed by atoms with Crippen LogP contribution in [0.15, 0.2) is 66.7 Å². The standard InChI is InChI=1S/C37H41F2N5O3S/c1-24-40-31-8-3-4-9-32(31)44(24)28-22-34-37(23-28)13-12-33(37)43(34)19-16-36(25-6-5-7-26(38)20-25)14-17-42(18-15-36)35(45)29-11-10-27(21-30(29)39)41-48(2,46)47/h3-11,20-21,28,33-34,41H,12-19,22-23H2,1-2H3. The van der Waals surface area contributed by atoms with Crippen LogP contribution in [0.25, 0.3) is 11.0 Å². The third kappa shape index (κ3) is 5.12. The summed E-state index contributed by atoms with van der Waals surface area (Å²) < 4.78 is 57.5. The summed E-state index contributed by atoms with van der Waals surface area (Å²) in [5.41, 5.74) is 3.28. The summed E-state index contributed by atoms with van der Waals surface area (Å²) in [6.45, 7) is 3.88. The average Bonchev–Trinajstić information content (AvgIpc) is 3.58. The fourth-order valence-electron chi connectivity index (χ4n) is 9.77. The summed E-state index contributed by atoms with van der Waals surface area (Å²) in [6.07, 6.45) is 7.93. The van der Waals surface area contributed by atoms with Crippen LogP contribution in [0.5, 0.6) is 0 Å². The fraction of sp³-hybridized carbons (Fsp3) is 0.459. The number of para-hydroxylation sites is 2. The van der Waals surface area contributed by atoms with Gasteiger partial charge in [0.25, 0.3) is 5.91 Å². The molecule has 2 saturated heterocycles. The lowest BCUT2D eigenvalue weighted by atomic mass is 9.53. The second-order valence-electron chi connectivity index (χ2n) is 14.6. The van der Waals surface area contributed by atoms with Crippen LogP contribution < -0.4 is 4.72 Å². The number of hydrogen-bond donors (Lipinski definition) is 1. The minimum Gasteiger partial charge on any atom is -0.338 e. The van der Waals surface area contributed by atoms with Gasteiger partial charge in [-0.25, -0.2) is 22.2 Å². The van der Waals surface area contributed by atoms with Crippen LogP contribution in [-0.4, -0.2) is 71.6 Å². The number of amides is 1. The Bertz CT molecular complexity index is 2020. The van der Waals surface area contributed by atoms with Gasteiger partial charge in [-0.15, -0.1) is 0 Å². The lowest BCUT2D eigenvalue weighted by molar-refractivity contribution is -0.190. The zero-order valence-electron chi connectivity index (χ0n) is 27.3. The smallest absolute Gasteiger partial charge is 0.256 e. The van der Waals surface area contributed by atoms with E-state index in [4.69, 9.17) is 4.98 Å². The van der Waals surface area contributed by atoms with E-state index < -0.39 is 21.7 Å². The molecule has 3 aromatic carbocycles. The molecule has 0 radical (unpaired) electrons. The highest BCUT2D eigenvalue weighted by Crippen LogP contribution is 2.68. The molecule has 4 atom stereocenters. The Morgan fingerprint density at radius 1 is 1.00 bits per heavy atom. The maximum Gasteiger partial charge on any atom is 0.256 e. The third-order valence-electron chi connectivity index (χ3n) is 12.1. The predicted octanol–water partition coefficient (Wildman–Crippen LogP) is 6.43. The summed E-state index contributed by atoms with van der Waals surface area (Å²) in [7, 11) is -3.58. The Morgan fingerprint density at radius 2 is 1.79 bits per heavy atom. The lowest BCUT2D eigenvalue weighted by Crippen LogP contribution is -2.74. The third-order valence-corrected chi connectivity index (χ3v) is 12.7. The van der Waals surface area contributed by atoms with Gasteiger partial charge in [0.15, 0.2) is 0 Å². The first kappa shape index (κ1) is 31.4. The lowest BCUT2D eigenvalue weighted by Gasteiger charge is -2.69. The quantitative estimate of drug-likeness (QED) is 0.233. The molecule has 4 aliphatic rings. The first-order valence-electron chi connectivity index (χ1n) is 17.0. The number of hydrogen-bond acceptors (Lipinski definition) is 5. The van der Waals surface area contributed by atoms with Gasteiger partial charge < -0.3 is 9.47 Å². The van der Waals surface area contributed by atoms with Crippen molar-refractivity contribution in [2.75, 3.05) is 30.6 Å². The first-order chi connectivity index (χ1) is 23.0. The molecule has 11 heteroatoms. The molecule has 3 heterocycles. The van der Waals surface area contributed by atoms with Crippen LogP contribution in [0, 0.1) is 24.0 Å². The van der Waals surface area contributed by atoms with Crippen molar-refractivity contribution in [2.24, 2.45) is 5.41 Å². The maximum atomic E-state index is 15.0. The predicted molar refractivity (Wildman–Crippen MR) is 181 cm³/mol. The number of halogens is 2. The number of aromatic nitrogens is 2.